The van der Waals surface area contributed by atoms with E-state index in [2.05, 4.69) is 0 Å². The molecule has 0 aromatic heterocycles. The maximum absolute atomic E-state index is 13.2. The molecule has 3 aliphatic rings. The molecule has 0 spiro atoms. The van der Waals surface area contributed by atoms with Crippen molar-refractivity contribution in [3.63, 3.8) is 0 Å². The molecule has 1 saturated carbocycles. The molecule has 3 fully saturated rings. The number of methoxy groups -OCH3 is 1. The molecule has 0 radical (unpaired) electrons. The minimum atomic E-state index is -3.23. The highest BCUT2D eigenvalue weighted by Gasteiger charge is 2.48. The molecular weight excluding hydrogens is 438 g/mol. The van der Waals surface area contributed by atoms with Gasteiger partial charge in [-0.05, 0) is 43.5 Å². The number of benzene rings is 1. The zero-order chi connectivity index (χ0) is 23.0. The highest BCUT2D eigenvalue weighted by Crippen LogP contribution is 2.30. The highest BCUT2D eigenvalue weighted by atomic mass is 32.2. The van der Waals surface area contributed by atoms with Gasteiger partial charge in [0, 0.05) is 12.1 Å². The van der Waals surface area contributed by atoms with E-state index >= 15 is 0 Å². The number of rotatable bonds is 6. The van der Waals surface area contributed by atoms with Gasteiger partial charge in [-0.15, -0.1) is 0 Å². The van der Waals surface area contributed by atoms with Crippen molar-refractivity contribution in [2.24, 2.45) is 0 Å². The van der Waals surface area contributed by atoms with Gasteiger partial charge in [-0.1, -0.05) is 12.8 Å². The summed E-state index contributed by atoms with van der Waals surface area (Å²) in [5, 5.41) is 0. The largest absolute Gasteiger partial charge is 0.497 e. The molecule has 2 aliphatic heterocycles. The van der Waals surface area contributed by atoms with E-state index in [1.54, 1.807) is 17.0 Å². The smallest absolute Gasteiger partial charge is 0.339 e. The Morgan fingerprint density at radius 3 is 2.25 bits per heavy atom. The second-order valence-corrected chi connectivity index (χ2v) is 10.5. The Balaban J connectivity index is 1.54. The summed E-state index contributed by atoms with van der Waals surface area (Å²) >= 11 is 0. The Hall–Kier alpha value is -2.95. The second-order valence-electron chi connectivity index (χ2n) is 8.31. The van der Waals surface area contributed by atoms with Crippen LogP contribution in [0, 0.1) is 0 Å². The summed E-state index contributed by atoms with van der Waals surface area (Å²) in [5.41, 5.74) is 0.193. The van der Waals surface area contributed by atoms with Crippen LogP contribution in [-0.4, -0.2) is 79.2 Å². The zero-order valence-electron chi connectivity index (χ0n) is 17.7. The van der Waals surface area contributed by atoms with E-state index in [0.29, 0.717) is 17.1 Å². The average Bonchev–Trinajstić information content (AvgIpc) is 3.46. The molecule has 32 heavy (non-hydrogen) atoms. The first-order valence-corrected chi connectivity index (χ1v) is 12.4. The molecule has 1 aromatic rings. The Morgan fingerprint density at radius 1 is 1.03 bits per heavy atom. The number of hydrogen-bond donors (Lipinski definition) is 0. The number of sulfone groups is 1. The number of nitrogens with zero attached hydrogens (tertiary/aromatic N) is 3. The van der Waals surface area contributed by atoms with Gasteiger partial charge in [-0.25, -0.2) is 23.0 Å². The van der Waals surface area contributed by atoms with Gasteiger partial charge in [-0.3, -0.25) is 14.4 Å². The molecule has 1 aliphatic carbocycles. The summed E-state index contributed by atoms with van der Waals surface area (Å²) in [6, 6.07) is 4.55. The third-order valence-corrected chi connectivity index (χ3v) is 8.04. The number of carbonyl (C=O) groups is 4. The van der Waals surface area contributed by atoms with E-state index in [9.17, 15) is 27.6 Å². The van der Waals surface area contributed by atoms with Crippen LogP contribution < -0.4 is 9.64 Å². The van der Waals surface area contributed by atoms with Crippen LogP contribution in [0.2, 0.25) is 0 Å². The van der Waals surface area contributed by atoms with E-state index in [1.165, 1.54) is 19.2 Å². The molecule has 2 saturated heterocycles. The Bertz CT molecular complexity index is 1050. The van der Waals surface area contributed by atoms with Gasteiger partial charge < -0.3 is 9.64 Å². The molecule has 10 nitrogen and oxygen atoms in total. The van der Waals surface area contributed by atoms with E-state index in [0.717, 1.165) is 30.6 Å². The lowest BCUT2D eigenvalue weighted by Gasteiger charge is -2.34. The Kier molecular flexibility index (Phi) is 5.93. The van der Waals surface area contributed by atoms with Crippen LogP contribution in [0.4, 0.5) is 10.5 Å². The number of anilines is 1. The minimum absolute atomic E-state index is 0.0134. The van der Waals surface area contributed by atoms with E-state index in [4.69, 9.17) is 4.74 Å². The normalized spacial score (nSPS) is 23.3. The fourth-order valence-electron chi connectivity index (χ4n) is 4.70. The SMILES string of the molecule is COc1ccc(N2C(=O)C(=O)N(CC(=O)N(C3CCCC3)[C@H]3CCS(=O)(=O)C3)C2=O)cc1. The van der Waals surface area contributed by atoms with Gasteiger partial charge in [0.25, 0.3) is 0 Å². The molecule has 2 heterocycles. The lowest BCUT2D eigenvalue weighted by molar-refractivity contribution is -0.143. The fraction of sp³-hybridized carbons (Fsp3) is 0.524. The van der Waals surface area contributed by atoms with Crippen LogP contribution in [0.25, 0.3) is 0 Å². The van der Waals surface area contributed by atoms with Gasteiger partial charge in [0.15, 0.2) is 9.84 Å². The summed E-state index contributed by atoms with van der Waals surface area (Å²) < 4.78 is 29.1. The maximum Gasteiger partial charge on any atom is 0.339 e. The van der Waals surface area contributed by atoms with E-state index < -0.39 is 46.2 Å². The average molecular weight is 464 g/mol. The van der Waals surface area contributed by atoms with Gasteiger partial charge in [-0.2, -0.15) is 0 Å². The van der Waals surface area contributed by atoms with Gasteiger partial charge in [0.2, 0.25) is 5.91 Å². The Morgan fingerprint density at radius 2 is 1.69 bits per heavy atom. The van der Waals surface area contributed by atoms with Crippen LogP contribution in [0.5, 0.6) is 5.75 Å². The second kappa shape index (κ2) is 8.53. The maximum atomic E-state index is 13.2. The summed E-state index contributed by atoms with van der Waals surface area (Å²) in [6.45, 7) is -0.594. The van der Waals surface area contributed by atoms with Crippen molar-refractivity contribution in [3.05, 3.63) is 24.3 Å². The molecule has 11 heteroatoms. The summed E-state index contributed by atoms with van der Waals surface area (Å²) in [7, 11) is -1.75. The van der Waals surface area contributed by atoms with Crippen LogP contribution in [0.15, 0.2) is 24.3 Å². The van der Waals surface area contributed by atoms with Crippen LogP contribution in [0.3, 0.4) is 0 Å². The first-order chi connectivity index (χ1) is 15.2. The third kappa shape index (κ3) is 4.08. The van der Waals surface area contributed by atoms with Crippen LogP contribution >= 0.6 is 0 Å². The summed E-state index contributed by atoms with van der Waals surface area (Å²) in [4.78, 5) is 54.1. The van der Waals surface area contributed by atoms with E-state index in [-0.39, 0.29) is 23.2 Å². The summed E-state index contributed by atoms with van der Waals surface area (Å²) in [5.74, 6) is -2.21. The lowest BCUT2D eigenvalue weighted by Crippen LogP contribution is -2.51. The molecule has 5 amide bonds. The van der Waals surface area contributed by atoms with Gasteiger partial charge in [0.05, 0.1) is 24.3 Å². The van der Waals surface area contributed by atoms with Gasteiger partial charge in [0.1, 0.15) is 12.3 Å². The summed E-state index contributed by atoms with van der Waals surface area (Å²) in [6.07, 6.45) is 3.70. The predicted molar refractivity (Wildman–Crippen MR) is 114 cm³/mol. The lowest BCUT2D eigenvalue weighted by atomic mass is 10.1. The number of ether oxygens (including phenoxy) is 1. The van der Waals surface area contributed by atoms with Crippen LogP contribution in [0.1, 0.15) is 32.1 Å². The molecule has 172 valence electrons. The molecular formula is C21H25N3O7S. The number of carbonyl (C=O) groups excluding carboxylic acids is 4. The molecule has 1 atom stereocenters. The zero-order valence-corrected chi connectivity index (χ0v) is 18.5. The first-order valence-electron chi connectivity index (χ1n) is 10.6. The molecule has 0 N–H and O–H groups in total. The Labute approximate surface area is 186 Å². The van der Waals surface area contributed by atoms with Gasteiger partial charge >= 0.3 is 17.8 Å². The van der Waals surface area contributed by atoms with Crippen molar-refractivity contribution in [1.29, 1.82) is 0 Å². The molecule has 1 aromatic carbocycles. The fourth-order valence-corrected chi connectivity index (χ4v) is 6.41. The quantitative estimate of drug-likeness (QED) is 0.455. The van der Waals surface area contributed by atoms with Crippen molar-refractivity contribution in [1.82, 2.24) is 9.80 Å². The third-order valence-electron chi connectivity index (χ3n) is 6.29. The number of urea groups is 1. The van der Waals surface area contributed by atoms with Crippen molar-refractivity contribution < 1.29 is 32.3 Å². The molecule has 0 unspecified atom stereocenters. The number of imide groups is 2. The number of hydrogen-bond acceptors (Lipinski definition) is 7. The molecule has 4 rings (SSSR count). The van der Waals surface area contributed by atoms with Crippen molar-refractivity contribution in [2.75, 3.05) is 30.1 Å². The topological polar surface area (TPSA) is 121 Å². The highest BCUT2D eigenvalue weighted by molar-refractivity contribution is 7.91. The van der Waals surface area contributed by atoms with Crippen LogP contribution in [-0.2, 0) is 24.2 Å². The van der Waals surface area contributed by atoms with Crippen molar-refractivity contribution in [2.45, 2.75) is 44.2 Å². The molecule has 0 bridgehead atoms. The number of amides is 5. The standard InChI is InChI=1S/C21H25N3O7S/c1-31-17-8-6-15(7-9-17)24-20(27)19(26)22(21(24)28)12-18(25)23(14-4-2-3-5-14)16-10-11-32(29,30)13-16/h6-9,14,16H,2-5,10-13H2,1H3/t16-/m0/s1. The van der Waals surface area contributed by atoms with E-state index in [1.807, 2.05) is 0 Å². The first kappa shape index (κ1) is 22.3. The van der Waals surface area contributed by atoms with Crippen molar-refractivity contribution >= 4 is 39.3 Å². The monoisotopic (exact) mass is 463 g/mol. The predicted octanol–water partition coefficient (Wildman–Crippen LogP) is 0.949. The van der Waals surface area contributed by atoms with Crippen molar-refractivity contribution in [3.8, 4) is 5.75 Å². The minimum Gasteiger partial charge on any atom is -0.497 e.